The molecule has 0 spiro atoms. The number of nitrogens with zero attached hydrogens (tertiary/aromatic N) is 3. The van der Waals surface area contributed by atoms with Crippen LogP contribution >= 0.6 is 0 Å². The molecule has 0 atom stereocenters. The Labute approximate surface area is 165 Å². The van der Waals surface area contributed by atoms with Crippen LogP contribution in [0.4, 0.5) is 31.9 Å². The number of aromatic nitrogens is 2. The number of nitrogens with one attached hydrogen (secondary N) is 2. The van der Waals surface area contributed by atoms with Crippen molar-refractivity contribution in [3.8, 4) is 6.07 Å². The Morgan fingerprint density at radius 1 is 1.03 bits per heavy atom. The van der Waals surface area contributed by atoms with Crippen LogP contribution in [-0.4, -0.2) is 18.4 Å². The predicted octanol–water partition coefficient (Wildman–Crippen LogP) is 2.96. The molecule has 1 heterocycles. The quantitative estimate of drug-likeness (QED) is 0.562. The Bertz CT molecular complexity index is 1190. The van der Waals surface area contributed by atoms with Crippen molar-refractivity contribution in [2.24, 2.45) is 5.14 Å². The lowest BCUT2D eigenvalue weighted by atomic mass is 10.1. The zero-order chi connectivity index (χ0) is 21.0. The van der Waals surface area contributed by atoms with Gasteiger partial charge < -0.3 is 10.6 Å². The molecule has 2 aromatic carbocycles. The van der Waals surface area contributed by atoms with Gasteiger partial charge in [-0.15, -0.1) is 0 Å². The summed E-state index contributed by atoms with van der Waals surface area (Å²) in [7, 11) is -4.26. The molecule has 8 nitrogen and oxygen atoms in total. The molecule has 0 fully saturated rings. The van der Waals surface area contributed by atoms with Gasteiger partial charge >= 0.3 is 0 Å². The minimum Gasteiger partial charge on any atom is -0.338 e. The average molecular weight is 416 g/mol. The Balaban J connectivity index is 1.83. The number of nitriles is 1. The monoisotopic (exact) mass is 416 g/mol. The molecular formula is C18H14F2N6O2S. The number of sulfonamides is 1. The molecule has 0 aliphatic heterocycles. The number of halogens is 2. The van der Waals surface area contributed by atoms with Crippen molar-refractivity contribution in [3.05, 3.63) is 65.9 Å². The average Bonchev–Trinajstić information content (AvgIpc) is 2.67. The Kier molecular flexibility index (Phi) is 5.67. The van der Waals surface area contributed by atoms with Gasteiger partial charge in [0, 0.05) is 11.4 Å². The van der Waals surface area contributed by atoms with Gasteiger partial charge in [-0.25, -0.2) is 27.3 Å². The van der Waals surface area contributed by atoms with Crippen molar-refractivity contribution in [3.63, 3.8) is 0 Å². The Morgan fingerprint density at radius 3 is 2.38 bits per heavy atom. The molecule has 3 rings (SSSR count). The molecule has 3 aromatic rings. The van der Waals surface area contributed by atoms with Crippen LogP contribution < -0.4 is 15.8 Å². The van der Waals surface area contributed by atoms with E-state index in [0.29, 0.717) is 5.69 Å². The van der Waals surface area contributed by atoms with Crippen molar-refractivity contribution in [2.45, 2.75) is 11.3 Å². The van der Waals surface area contributed by atoms with E-state index < -0.39 is 26.6 Å². The highest BCUT2D eigenvalue weighted by atomic mass is 32.2. The number of anilines is 4. The first-order chi connectivity index (χ1) is 13.8. The van der Waals surface area contributed by atoms with Crippen molar-refractivity contribution in [1.29, 1.82) is 5.26 Å². The minimum absolute atomic E-state index is 0.0537. The number of benzene rings is 2. The molecule has 1 aromatic heterocycles. The molecule has 0 radical (unpaired) electrons. The lowest BCUT2D eigenvalue weighted by Gasteiger charge is -2.10. The number of hydrogen-bond acceptors (Lipinski definition) is 7. The van der Waals surface area contributed by atoms with Crippen molar-refractivity contribution < 1.29 is 17.2 Å². The molecule has 0 amide bonds. The number of hydrogen-bond donors (Lipinski definition) is 3. The van der Waals surface area contributed by atoms with Crippen LogP contribution in [-0.2, 0) is 16.4 Å². The third-order valence-electron chi connectivity index (χ3n) is 3.74. The van der Waals surface area contributed by atoms with Crippen molar-refractivity contribution in [2.75, 3.05) is 10.6 Å². The van der Waals surface area contributed by atoms with E-state index in [1.807, 2.05) is 6.07 Å². The zero-order valence-corrected chi connectivity index (χ0v) is 15.5. The predicted molar refractivity (Wildman–Crippen MR) is 102 cm³/mol. The van der Waals surface area contributed by atoms with Gasteiger partial charge in [-0.2, -0.15) is 10.2 Å². The van der Waals surface area contributed by atoms with Gasteiger partial charge in [-0.3, -0.25) is 0 Å². The van der Waals surface area contributed by atoms with Crippen molar-refractivity contribution >= 4 is 33.2 Å². The smallest absolute Gasteiger partial charge is 0.241 e. The summed E-state index contributed by atoms with van der Waals surface area (Å²) >= 11 is 0. The summed E-state index contributed by atoms with van der Waals surface area (Å²) in [6, 6.07) is 12.0. The molecule has 0 unspecified atom stereocenters. The first-order valence-corrected chi connectivity index (χ1v) is 9.66. The fraction of sp³-hybridized carbons (Fsp3) is 0.0556. The molecule has 0 aliphatic rings. The van der Waals surface area contributed by atoms with Crippen LogP contribution in [0, 0.1) is 23.0 Å². The Morgan fingerprint density at radius 2 is 1.72 bits per heavy atom. The topological polar surface area (TPSA) is 134 Å². The van der Waals surface area contributed by atoms with Crippen LogP contribution in [0.5, 0.6) is 0 Å². The summed E-state index contributed by atoms with van der Waals surface area (Å²) < 4.78 is 50.6. The van der Waals surface area contributed by atoms with Crippen LogP contribution in [0.25, 0.3) is 0 Å². The fourth-order valence-corrected chi connectivity index (χ4v) is 3.01. The van der Waals surface area contributed by atoms with Crippen LogP contribution in [0.1, 0.15) is 5.56 Å². The highest BCUT2D eigenvalue weighted by Gasteiger charge is 2.16. The van der Waals surface area contributed by atoms with E-state index in [1.165, 1.54) is 6.07 Å². The number of nitrogens with two attached hydrogens (primary N) is 1. The number of primary sulfonamides is 1. The maximum Gasteiger partial charge on any atom is 0.241 e. The second kappa shape index (κ2) is 8.17. The van der Waals surface area contributed by atoms with Gasteiger partial charge in [0.2, 0.25) is 16.0 Å². The maximum atomic E-state index is 14.1. The van der Waals surface area contributed by atoms with Gasteiger partial charge in [0.15, 0.2) is 11.6 Å². The van der Waals surface area contributed by atoms with E-state index in [2.05, 4.69) is 20.6 Å². The molecule has 0 bridgehead atoms. The highest BCUT2D eigenvalue weighted by molar-refractivity contribution is 7.89. The molecule has 148 valence electrons. The third-order valence-corrected chi connectivity index (χ3v) is 4.66. The van der Waals surface area contributed by atoms with Crippen LogP contribution in [0.3, 0.4) is 0 Å². The molecule has 29 heavy (non-hydrogen) atoms. The van der Waals surface area contributed by atoms with E-state index >= 15 is 0 Å². The first-order valence-electron chi connectivity index (χ1n) is 8.11. The van der Waals surface area contributed by atoms with Crippen molar-refractivity contribution in [1.82, 2.24) is 9.97 Å². The third kappa shape index (κ3) is 5.01. The van der Waals surface area contributed by atoms with Gasteiger partial charge in [0.05, 0.1) is 18.7 Å². The maximum absolute atomic E-state index is 14.1. The molecular weight excluding hydrogens is 402 g/mol. The molecule has 0 saturated carbocycles. The van der Waals surface area contributed by atoms with Gasteiger partial charge in [0.25, 0.3) is 0 Å². The second-order valence-electron chi connectivity index (χ2n) is 5.86. The standard InChI is InChI=1S/C18H14F2N6O2S/c19-14-6-5-13(9-16(14)29(22,27)28)25-18-23-10-15(20)17(26-18)24-12-3-1-11(2-4-12)7-8-21/h1-6,9-10H,7H2,(H2,22,27,28)(H2,23,24,25,26). The van der Waals surface area contributed by atoms with E-state index in [-0.39, 0.29) is 23.9 Å². The van der Waals surface area contributed by atoms with Gasteiger partial charge in [-0.05, 0) is 35.9 Å². The normalized spacial score (nSPS) is 11.0. The van der Waals surface area contributed by atoms with E-state index in [9.17, 15) is 17.2 Å². The van der Waals surface area contributed by atoms with E-state index in [4.69, 9.17) is 10.4 Å². The summed E-state index contributed by atoms with van der Waals surface area (Å²) in [5.74, 6) is -1.91. The summed E-state index contributed by atoms with van der Waals surface area (Å²) in [6.07, 6.45) is 1.18. The summed E-state index contributed by atoms with van der Waals surface area (Å²) in [5.41, 5.74) is 1.49. The van der Waals surface area contributed by atoms with Gasteiger partial charge in [0.1, 0.15) is 10.7 Å². The zero-order valence-electron chi connectivity index (χ0n) is 14.7. The number of rotatable bonds is 6. The lowest BCUT2D eigenvalue weighted by molar-refractivity contribution is 0.568. The summed E-state index contributed by atoms with van der Waals surface area (Å²) in [5, 5.41) is 19.1. The SMILES string of the molecule is N#CCc1ccc(Nc2nc(Nc3ccc(F)c(S(N)(=O)=O)c3)ncc2F)cc1. The van der Waals surface area contributed by atoms with Gasteiger partial charge in [-0.1, -0.05) is 12.1 Å². The second-order valence-corrected chi connectivity index (χ2v) is 7.39. The first kappa shape index (κ1) is 20.1. The molecule has 0 saturated heterocycles. The molecule has 4 N–H and O–H groups in total. The Hall–Kier alpha value is -3.62. The largest absolute Gasteiger partial charge is 0.338 e. The fourth-order valence-electron chi connectivity index (χ4n) is 2.38. The van der Waals surface area contributed by atoms with E-state index in [1.54, 1.807) is 24.3 Å². The molecule has 0 aliphatic carbocycles. The lowest BCUT2D eigenvalue weighted by Crippen LogP contribution is -2.14. The van der Waals surface area contributed by atoms with Crippen LogP contribution in [0.15, 0.2) is 53.6 Å². The minimum atomic E-state index is -4.26. The molecule has 11 heteroatoms. The van der Waals surface area contributed by atoms with E-state index in [0.717, 1.165) is 23.9 Å². The summed E-state index contributed by atoms with van der Waals surface area (Å²) in [4.78, 5) is 7.09. The highest BCUT2D eigenvalue weighted by Crippen LogP contribution is 2.23. The van der Waals surface area contributed by atoms with Crippen LogP contribution in [0.2, 0.25) is 0 Å². The summed E-state index contributed by atoms with van der Waals surface area (Å²) in [6.45, 7) is 0.